The van der Waals surface area contributed by atoms with Gasteiger partial charge in [-0.1, -0.05) is 13.8 Å². The highest BCUT2D eigenvalue weighted by Crippen LogP contribution is 2.29. The second-order valence-corrected chi connectivity index (χ2v) is 7.39. The zero-order valence-corrected chi connectivity index (χ0v) is 14.6. The van der Waals surface area contributed by atoms with Crippen LogP contribution in [-0.2, 0) is 4.79 Å². The minimum atomic E-state index is 0. The number of hydrogen-bond donors (Lipinski definition) is 1. The smallest absolute Gasteiger partial charge is 0.236 e. The van der Waals surface area contributed by atoms with E-state index in [1.165, 1.54) is 25.7 Å². The summed E-state index contributed by atoms with van der Waals surface area (Å²) >= 11 is 0. The normalized spacial score (nSPS) is 33.5. The number of carbonyl (C=O) groups excluding carboxylic acids is 1. The molecule has 124 valence electrons. The number of likely N-dealkylation sites (tertiary alicyclic amines) is 1. The summed E-state index contributed by atoms with van der Waals surface area (Å²) in [5.41, 5.74) is 6.04. The highest BCUT2D eigenvalue weighted by Gasteiger charge is 2.34. The van der Waals surface area contributed by atoms with Gasteiger partial charge in [0.05, 0.1) is 6.54 Å². The van der Waals surface area contributed by atoms with E-state index in [0.717, 1.165) is 25.4 Å². The SMILES string of the molecule is CC1CCC(N(C)C(=O)CN2CCC(C)(CN)C2)CC1.Cl. The lowest BCUT2D eigenvalue weighted by atomic mass is 9.87. The number of nitrogens with zero attached hydrogens (tertiary/aromatic N) is 2. The lowest BCUT2D eigenvalue weighted by Gasteiger charge is -2.34. The Labute approximate surface area is 135 Å². The molecule has 0 spiro atoms. The van der Waals surface area contributed by atoms with Gasteiger partial charge < -0.3 is 10.6 Å². The second-order valence-electron chi connectivity index (χ2n) is 7.39. The van der Waals surface area contributed by atoms with E-state index in [0.29, 0.717) is 19.1 Å². The first-order valence-corrected chi connectivity index (χ1v) is 8.11. The van der Waals surface area contributed by atoms with Crippen molar-refractivity contribution in [2.24, 2.45) is 17.1 Å². The first-order chi connectivity index (χ1) is 9.43. The molecule has 0 bridgehead atoms. The maximum atomic E-state index is 12.4. The summed E-state index contributed by atoms with van der Waals surface area (Å²) in [4.78, 5) is 16.7. The third kappa shape index (κ3) is 4.83. The van der Waals surface area contributed by atoms with Crippen LogP contribution in [-0.4, -0.2) is 55.0 Å². The molecular weight excluding hydrogens is 286 g/mol. The predicted molar refractivity (Wildman–Crippen MR) is 89.7 cm³/mol. The summed E-state index contributed by atoms with van der Waals surface area (Å²) in [6, 6.07) is 0.460. The lowest BCUT2D eigenvalue weighted by molar-refractivity contribution is -0.133. The summed E-state index contributed by atoms with van der Waals surface area (Å²) < 4.78 is 0. The molecule has 0 radical (unpaired) electrons. The van der Waals surface area contributed by atoms with Crippen LogP contribution in [0.25, 0.3) is 0 Å². The molecule has 2 aliphatic rings. The fourth-order valence-corrected chi connectivity index (χ4v) is 3.56. The van der Waals surface area contributed by atoms with Crippen molar-refractivity contribution in [2.45, 2.75) is 52.0 Å². The van der Waals surface area contributed by atoms with Gasteiger partial charge in [0.2, 0.25) is 5.91 Å². The van der Waals surface area contributed by atoms with Crippen LogP contribution in [0.3, 0.4) is 0 Å². The summed E-state index contributed by atoms with van der Waals surface area (Å²) in [6.07, 6.45) is 5.98. The molecule has 0 aromatic carbocycles. The zero-order valence-electron chi connectivity index (χ0n) is 13.8. The van der Waals surface area contributed by atoms with E-state index in [-0.39, 0.29) is 23.7 Å². The molecule has 1 saturated heterocycles. The molecule has 0 aromatic heterocycles. The Morgan fingerprint density at radius 1 is 1.33 bits per heavy atom. The van der Waals surface area contributed by atoms with Gasteiger partial charge in [-0.3, -0.25) is 9.69 Å². The molecule has 1 saturated carbocycles. The lowest BCUT2D eigenvalue weighted by Crippen LogP contribution is -2.44. The first-order valence-electron chi connectivity index (χ1n) is 8.11. The van der Waals surface area contributed by atoms with Crippen molar-refractivity contribution >= 4 is 18.3 Å². The van der Waals surface area contributed by atoms with Gasteiger partial charge in [0.25, 0.3) is 0 Å². The van der Waals surface area contributed by atoms with Crippen molar-refractivity contribution in [3.05, 3.63) is 0 Å². The van der Waals surface area contributed by atoms with Gasteiger partial charge in [0.15, 0.2) is 0 Å². The number of nitrogens with two attached hydrogens (primary N) is 1. The van der Waals surface area contributed by atoms with Crippen LogP contribution in [0.15, 0.2) is 0 Å². The summed E-state index contributed by atoms with van der Waals surface area (Å²) in [5.74, 6) is 1.12. The number of amides is 1. The summed E-state index contributed by atoms with van der Waals surface area (Å²) in [7, 11) is 1.99. The maximum absolute atomic E-state index is 12.4. The van der Waals surface area contributed by atoms with Gasteiger partial charge >= 0.3 is 0 Å². The molecule has 21 heavy (non-hydrogen) atoms. The van der Waals surface area contributed by atoms with Crippen LogP contribution >= 0.6 is 12.4 Å². The van der Waals surface area contributed by atoms with E-state index in [4.69, 9.17) is 5.73 Å². The summed E-state index contributed by atoms with van der Waals surface area (Å²) in [6.45, 7) is 7.80. The second kappa shape index (κ2) is 7.80. The van der Waals surface area contributed by atoms with Gasteiger partial charge in [-0.25, -0.2) is 0 Å². The van der Waals surface area contributed by atoms with E-state index >= 15 is 0 Å². The number of halogens is 1. The van der Waals surface area contributed by atoms with Crippen LogP contribution in [0.4, 0.5) is 0 Å². The standard InChI is InChI=1S/C16H31N3O.ClH/c1-13-4-6-14(7-5-13)18(3)15(20)10-19-9-8-16(2,11-17)12-19;/h13-14H,4-12,17H2,1-3H3;1H. The molecule has 1 heterocycles. The molecule has 1 aliphatic carbocycles. The van der Waals surface area contributed by atoms with Crippen LogP contribution < -0.4 is 5.73 Å². The molecule has 2 fully saturated rings. The van der Waals surface area contributed by atoms with Crippen LogP contribution in [0.1, 0.15) is 46.0 Å². The Kier molecular flexibility index (Phi) is 6.95. The number of likely N-dealkylation sites (N-methyl/N-ethyl adjacent to an activating group) is 1. The van der Waals surface area contributed by atoms with E-state index in [1.807, 2.05) is 11.9 Å². The molecule has 2 N–H and O–H groups in total. The fraction of sp³-hybridized carbons (Fsp3) is 0.938. The van der Waals surface area contributed by atoms with Gasteiger partial charge in [-0.15, -0.1) is 12.4 Å². The van der Waals surface area contributed by atoms with Crippen molar-refractivity contribution in [3.63, 3.8) is 0 Å². The van der Waals surface area contributed by atoms with Gasteiger partial charge in [0.1, 0.15) is 0 Å². The average molecular weight is 318 g/mol. The Morgan fingerprint density at radius 2 is 1.95 bits per heavy atom. The van der Waals surface area contributed by atoms with E-state index in [1.54, 1.807) is 0 Å². The zero-order chi connectivity index (χ0) is 14.8. The molecule has 0 aromatic rings. The predicted octanol–water partition coefficient (Wildman–Crippen LogP) is 2.12. The van der Waals surface area contributed by atoms with Crippen molar-refractivity contribution in [1.29, 1.82) is 0 Å². The minimum absolute atomic E-state index is 0. The molecule has 5 heteroatoms. The highest BCUT2D eigenvalue weighted by molar-refractivity contribution is 5.85. The monoisotopic (exact) mass is 317 g/mol. The highest BCUT2D eigenvalue weighted by atomic mass is 35.5. The van der Waals surface area contributed by atoms with Crippen molar-refractivity contribution in [1.82, 2.24) is 9.80 Å². The van der Waals surface area contributed by atoms with Gasteiger partial charge in [0, 0.05) is 19.6 Å². The van der Waals surface area contributed by atoms with Crippen molar-refractivity contribution in [3.8, 4) is 0 Å². The first kappa shape index (κ1) is 18.7. The molecule has 1 amide bonds. The summed E-state index contributed by atoms with van der Waals surface area (Å²) in [5, 5.41) is 0. The number of carbonyl (C=O) groups is 1. The third-order valence-corrected chi connectivity index (χ3v) is 5.42. The maximum Gasteiger partial charge on any atom is 0.236 e. The minimum Gasteiger partial charge on any atom is -0.342 e. The van der Waals surface area contributed by atoms with Crippen molar-refractivity contribution in [2.75, 3.05) is 33.2 Å². The Hall–Kier alpha value is -0.320. The molecular formula is C16H32ClN3O. The topological polar surface area (TPSA) is 49.6 Å². The number of rotatable bonds is 4. The Morgan fingerprint density at radius 3 is 2.48 bits per heavy atom. The molecule has 1 aliphatic heterocycles. The molecule has 2 rings (SSSR count). The Balaban J connectivity index is 0.00000220. The van der Waals surface area contributed by atoms with Crippen LogP contribution in [0, 0.1) is 11.3 Å². The van der Waals surface area contributed by atoms with Crippen LogP contribution in [0.2, 0.25) is 0 Å². The van der Waals surface area contributed by atoms with Crippen molar-refractivity contribution < 1.29 is 4.79 Å². The van der Waals surface area contributed by atoms with E-state index in [9.17, 15) is 4.79 Å². The van der Waals surface area contributed by atoms with Crippen LogP contribution in [0.5, 0.6) is 0 Å². The molecule has 1 atom stereocenters. The van der Waals surface area contributed by atoms with Gasteiger partial charge in [-0.05, 0) is 56.5 Å². The number of hydrogen-bond acceptors (Lipinski definition) is 3. The molecule has 1 unspecified atom stereocenters. The van der Waals surface area contributed by atoms with E-state index < -0.39 is 0 Å². The largest absolute Gasteiger partial charge is 0.342 e. The Bertz CT molecular complexity index is 344. The van der Waals surface area contributed by atoms with Gasteiger partial charge in [-0.2, -0.15) is 0 Å². The molecule has 4 nitrogen and oxygen atoms in total. The fourth-order valence-electron chi connectivity index (χ4n) is 3.56. The quantitative estimate of drug-likeness (QED) is 0.864. The average Bonchev–Trinajstić information content (AvgIpc) is 2.81. The third-order valence-electron chi connectivity index (χ3n) is 5.42. The van der Waals surface area contributed by atoms with E-state index in [2.05, 4.69) is 18.7 Å².